The molecule has 0 bridgehead atoms. The molecule has 3 rings (SSSR count). The predicted molar refractivity (Wildman–Crippen MR) is 110 cm³/mol. The van der Waals surface area contributed by atoms with Crippen molar-refractivity contribution in [2.24, 2.45) is 0 Å². The second-order valence-corrected chi connectivity index (χ2v) is 9.62. The summed E-state index contributed by atoms with van der Waals surface area (Å²) in [6.07, 6.45) is 2.10. The zero-order valence-corrected chi connectivity index (χ0v) is 17.8. The number of benzene rings is 2. The van der Waals surface area contributed by atoms with E-state index in [0.717, 1.165) is 34.1 Å². The highest BCUT2D eigenvalue weighted by Crippen LogP contribution is 2.28. The smallest absolute Gasteiger partial charge is 0.243 e. The van der Waals surface area contributed by atoms with Crippen LogP contribution < -0.4 is 5.32 Å². The number of anilines is 1. The number of nitrogens with zero attached hydrogens (tertiary/aromatic N) is 1. The lowest BCUT2D eigenvalue weighted by atomic mass is 10.0. The highest BCUT2D eigenvalue weighted by atomic mass is 79.9. The van der Waals surface area contributed by atoms with Crippen LogP contribution in [-0.2, 0) is 14.8 Å². The molecule has 0 aliphatic carbocycles. The van der Waals surface area contributed by atoms with E-state index < -0.39 is 16.1 Å². The third-order valence-corrected chi connectivity index (χ3v) is 7.49. The first-order valence-corrected chi connectivity index (χ1v) is 11.2. The molecule has 1 saturated heterocycles. The van der Waals surface area contributed by atoms with Crippen LogP contribution in [-0.4, -0.2) is 31.2 Å². The van der Waals surface area contributed by atoms with E-state index in [4.69, 9.17) is 0 Å². The number of hydrogen-bond donors (Lipinski definition) is 1. The molecule has 1 N–H and O–H groups in total. The van der Waals surface area contributed by atoms with Gasteiger partial charge in [0.05, 0.1) is 4.90 Å². The largest absolute Gasteiger partial charge is 0.324 e. The van der Waals surface area contributed by atoms with Gasteiger partial charge in [-0.25, -0.2) is 8.42 Å². The number of rotatable bonds is 4. The summed E-state index contributed by atoms with van der Waals surface area (Å²) < 4.78 is 28.4. The molecule has 0 spiro atoms. The van der Waals surface area contributed by atoms with Gasteiger partial charge in [-0.2, -0.15) is 4.31 Å². The van der Waals surface area contributed by atoms with Crippen LogP contribution in [0.4, 0.5) is 5.69 Å². The van der Waals surface area contributed by atoms with Crippen LogP contribution in [0, 0.1) is 13.8 Å². The van der Waals surface area contributed by atoms with Gasteiger partial charge >= 0.3 is 0 Å². The number of nitrogens with one attached hydrogen (secondary N) is 1. The van der Waals surface area contributed by atoms with Crippen molar-refractivity contribution in [3.05, 3.63) is 58.1 Å². The number of hydrogen-bond acceptors (Lipinski definition) is 3. The second kappa shape index (κ2) is 8.12. The lowest BCUT2D eigenvalue weighted by Gasteiger charge is -2.33. The Kier molecular flexibility index (Phi) is 6.03. The molecule has 27 heavy (non-hydrogen) atoms. The Morgan fingerprint density at radius 2 is 1.81 bits per heavy atom. The first kappa shape index (κ1) is 20.0. The quantitative estimate of drug-likeness (QED) is 0.756. The SMILES string of the molecule is Cc1cccc(NC(=O)[C@@H]2CCCCN2S(=O)(=O)c2ccc(Br)cc2)c1C. The van der Waals surface area contributed by atoms with Crippen LogP contribution >= 0.6 is 15.9 Å². The van der Waals surface area contributed by atoms with Crippen LogP contribution in [0.5, 0.6) is 0 Å². The summed E-state index contributed by atoms with van der Waals surface area (Å²) in [5, 5.41) is 2.93. The van der Waals surface area contributed by atoms with Gasteiger partial charge in [0.25, 0.3) is 0 Å². The lowest BCUT2D eigenvalue weighted by Crippen LogP contribution is -2.49. The normalized spacial score (nSPS) is 18.3. The number of piperidine rings is 1. The van der Waals surface area contributed by atoms with Crippen molar-refractivity contribution < 1.29 is 13.2 Å². The fourth-order valence-electron chi connectivity index (χ4n) is 3.30. The van der Waals surface area contributed by atoms with E-state index in [1.807, 2.05) is 32.0 Å². The molecule has 0 radical (unpaired) electrons. The maximum atomic E-state index is 13.1. The van der Waals surface area contributed by atoms with Crippen molar-refractivity contribution in [1.29, 1.82) is 0 Å². The Hall–Kier alpha value is -1.70. The molecule has 1 heterocycles. The molecule has 7 heteroatoms. The molecule has 1 aliphatic rings. The van der Waals surface area contributed by atoms with Gasteiger partial charge < -0.3 is 5.32 Å². The van der Waals surface area contributed by atoms with Crippen molar-refractivity contribution in [2.75, 3.05) is 11.9 Å². The van der Waals surface area contributed by atoms with E-state index in [2.05, 4.69) is 21.2 Å². The van der Waals surface area contributed by atoms with E-state index in [0.29, 0.717) is 13.0 Å². The van der Waals surface area contributed by atoms with Gasteiger partial charge in [-0.05, 0) is 68.1 Å². The Morgan fingerprint density at radius 1 is 1.11 bits per heavy atom. The Morgan fingerprint density at radius 3 is 2.52 bits per heavy atom. The molecule has 1 aliphatic heterocycles. The number of sulfonamides is 1. The lowest BCUT2D eigenvalue weighted by molar-refractivity contribution is -0.120. The first-order chi connectivity index (χ1) is 12.8. The number of amides is 1. The topological polar surface area (TPSA) is 66.5 Å². The predicted octanol–water partition coefficient (Wildman–Crippen LogP) is 4.25. The molecule has 1 fully saturated rings. The van der Waals surface area contributed by atoms with Crippen LogP contribution in [0.2, 0.25) is 0 Å². The van der Waals surface area contributed by atoms with Crippen molar-refractivity contribution in [1.82, 2.24) is 4.31 Å². The van der Waals surface area contributed by atoms with Gasteiger partial charge in [-0.15, -0.1) is 0 Å². The van der Waals surface area contributed by atoms with Gasteiger partial charge in [0.1, 0.15) is 6.04 Å². The molecule has 2 aromatic carbocycles. The number of carbonyl (C=O) groups is 1. The molecule has 0 saturated carbocycles. The third-order valence-electron chi connectivity index (χ3n) is 5.04. The van der Waals surface area contributed by atoms with Crippen LogP contribution in [0.25, 0.3) is 0 Å². The van der Waals surface area contributed by atoms with Gasteiger partial charge in [-0.3, -0.25) is 4.79 Å². The molecule has 0 unspecified atom stereocenters. The number of carbonyl (C=O) groups excluding carboxylic acids is 1. The zero-order valence-electron chi connectivity index (χ0n) is 15.4. The van der Waals surface area contributed by atoms with E-state index >= 15 is 0 Å². The monoisotopic (exact) mass is 450 g/mol. The van der Waals surface area contributed by atoms with Gasteiger partial charge in [-0.1, -0.05) is 34.5 Å². The maximum Gasteiger partial charge on any atom is 0.243 e. The fraction of sp³-hybridized carbons (Fsp3) is 0.350. The molecular formula is C20H23BrN2O3S. The molecule has 144 valence electrons. The van der Waals surface area contributed by atoms with Gasteiger partial charge in [0.15, 0.2) is 0 Å². The second-order valence-electron chi connectivity index (χ2n) is 6.82. The minimum absolute atomic E-state index is 0.206. The number of halogens is 1. The molecule has 0 aromatic heterocycles. The summed E-state index contributed by atoms with van der Waals surface area (Å²) in [6, 6.07) is 11.5. The van der Waals surface area contributed by atoms with E-state index in [1.54, 1.807) is 24.3 Å². The van der Waals surface area contributed by atoms with Crippen molar-refractivity contribution in [2.45, 2.75) is 44.0 Å². The average Bonchev–Trinajstić information content (AvgIpc) is 2.66. The Labute approximate surface area is 169 Å². The van der Waals surface area contributed by atoms with E-state index in [-0.39, 0.29) is 10.8 Å². The van der Waals surface area contributed by atoms with Crippen LogP contribution in [0.1, 0.15) is 30.4 Å². The summed E-state index contributed by atoms with van der Waals surface area (Å²) in [5.74, 6) is -0.274. The maximum absolute atomic E-state index is 13.1. The van der Waals surface area contributed by atoms with Crippen molar-refractivity contribution >= 4 is 37.5 Å². The fourth-order valence-corrected chi connectivity index (χ4v) is 5.22. The van der Waals surface area contributed by atoms with Crippen molar-refractivity contribution in [3.8, 4) is 0 Å². The Balaban J connectivity index is 1.87. The standard InChI is InChI=1S/C20H23BrN2O3S/c1-14-6-5-7-18(15(14)2)22-20(24)19-8-3-4-13-23(19)27(25,26)17-11-9-16(21)10-12-17/h5-7,9-12,19H,3-4,8,13H2,1-2H3,(H,22,24)/t19-/m0/s1. The highest BCUT2D eigenvalue weighted by Gasteiger charge is 2.37. The summed E-state index contributed by atoms with van der Waals surface area (Å²) in [4.78, 5) is 13.2. The molecule has 1 amide bonds. The summed E-state index contributed by atoms with van der Waals surface area (Å²) in [6.45, 7) is 4.28. The van der Waals surface area contributed by atoms with E-state index in [9.17, 15) is 13.2 Å². The van der Waals surface area contributed by atoms with E-state index in [1.165, 1.54) is 4.31 Å². The molecular weight excluding hydrogens is 428 g/mol. The minimum Gasteiger partial charge on any atom is -0.324 e. The van der Waals surface area contributed by atoms with Crippen LogP contribution in [0.3, 0.4) is 0 Å². The number of aryl methyl sites for hydroxylation is 1. The molecule has 2 aromatic rings. The summed E-state index contributed by atoms with van der Waals surface area (Å²) >= 11 is 3.32. The van der Waals surface area contributed by atoms with Gasteiger partial charge in [0, 0.05) is 16.7 Å². The van der Waals surface area contributed by atoms with Gasteiger partial charge in [0.2, 0.25) is 15.9 Å². The van der Waals surface area contributed by atoms with Crippen LogP contribution in [0.15, 0.2) is 51.8 Å². The van der Waals surface area contributed by atoms with Crippen molar-refractivity contribution in [3.63, 3.8) is 0 Å². The highest BCUT2D eigenvalue weighted by molar-refractivity contribution is 9.10. The molecule has 5 nitrogen and oxygen atoms in total. The third kappa shape index (κ3) is 4.25. The average molecular weight is 451 g/mol. The summed E-state index contributed by atoms with van der Waals surface area (Å²) in [7, 11) is -3.73. The first-order valence-electron chi connectivity index (χ1n) is 8.95. The Bertz CT molecular complexity index is 942. The molecule has 1 atom stereocenters. The minimum atomic E-state index is -3.73. The zero-order chi connectivity index (χ0) is 19.6. The summed E-state index contributed by atoms with van der Waals surface area (Å²) in [5.41, 5.74) is 2.80.